The van der Waals surface area contributed by atoms with Crippen molar-refractivity contribution in [2.24, 2.45) is 0 Å². The third kappa shape index (κ3) is 3.06. The molecule has 0 aliphatic rings. The number of halogens is 2. The van der Waals surface area contributed by atoms with Crippen LogP contribution in [0.1, 0.15) is 6.55 Å². The van der Waals surface area contributed by atoms with Gasteiger partial charge in [-0.3, -0.25) is 4.98 Å². The van der Waals surface area contributed by atoms with Crippen LogP contribution in [0.4, 0.5) is 14.5 Å². The molecule has 0 fully saturated rings. The summed E-state index contributed by atoms with van der Waals surface area (Å²) in [5, 5.41) is 4.48. The fourth-order valence-corrected chi connectivity index (χ4v) is 2.65. The number of hydrogen-bond acceptors (Lipinski definition) is 4. The molecule has 2 heterocycles. The largest absolute Gasteiger partial charge is 0.457 e. The number of rotatable bonds is 4. The summed E-state index contributed by atoms with van der Waals surface area (Å²) < 4.78 is 31.9. The van der Waals surface area contributed by atoms with Crippen molar-refractivity contribution in [2.45, 2.75) is 6.55 Å². The topological polar surface area (TPSA) is 66.0 Å². The Balaban J connectivity index is 1.70. The Morgan fingerprint density at radius 3 is 2.54 bits per heavy atom. The summed E-state index contributed by atoms with van der Waals surface area (Å²) in [4.78, 5) is 4.35. The number of hydrogen-bond donors (Lipinski definition) is 1. The van der Waals surface area contributed by atoms with Gasteiger partial charge in [0.2, 0.25) is 0 Å². The molecule has 0 spiro atoms. The zero-order valence-corrected chi connectivity index (χ0v) is 13.5. The van der Waals surface area contributed by atoms with Crippen LogP contribution in [0.2, 0.25) is 0 Å². The fraction of sp³-hybridized carbons (Fsp3) is 0.0526. The second-order valence-electron chi connectivity index (χ2n) is 5.70. The van der Waals surface area contributed by atoms with Crippen molar-refractivity contribution in [3.63, 3.8) is 0 Å². The molecule has 0 saturated heterocycles. The van der Waals surface area contributed by atoms with E-state index >= 15 is 0 Å². The molecule has 2 aromatic heterocycles. The van der Waals surface area contributed by atoms with E-state index in [1.165, 1.54) is 12.4 Å². The smallest absolute Gasteiger partial charge is 0.333 e. The highest BCUT2D eigenvalue weighted by Gasteiger charge is 2.11. The van der Waals surface area contributed by atoms with E-state index in [1.807, 2.05) is 18.2 Å². The number of nitrogen functional groups attached to an aromatic ring is 1. The van der Waals surface area contributed by atoms with Crippen LogP contribution in [-0.4, -0.2) is 14.8 Å². The van der Waals surface area contributed by atoms with Gasteiger partial charge in [-0.05, 0) is 48.0 Å². The molecule has 0 bridgehead atoms. The average Bonchev–Trinajstić information content (AvgIpc) is 3.14. The van der Waals surface area contributed by atoms with Crippen molar-refractivity contribution in [3.8, 4) is 22.6 Å². The maximum atomic E-state index is 12.7. The Kier molecular flexibility index (Phi) is 3.96. The molecule has 7 heteroatoms. The molecular weight excluding hydrogens is 338 g/mol. The van der Waals surface area contributed by atoms with E-state index in [-0.39, 0.29) is 0 Å². The lowest BCUT2D eigenvalue weighted by molar-refractivity contribution is 0.0566. The van der Waals surface area contributed by atoms with Crippen molar-refractivity contribution in [3.05, 3.63) is 67.1 Å². The van der Waals surface area contributed by atoms with E-state index in [4.69, 9.17) is 10.5 Å². The number of nitrogens with two attached hydrogens (primary N) is 1. The highest BCUT2D eigenvalue weighted by atomic mass is 19.3. The van der Waals surface area contributed by atoms with Gasteiger partial charge in [-0.1, -0.05) is 6.07 Å². The second kappa shape index (κ2) is 6.44. The maximum absolute atomic E-state index is 12.7. The van der Waals surface area contributed by atoms with Crippen molar-refractivity contribution >= 4 is 16.6 Å². The number of nitrogens with zero attached hydrogens (tertiary/aromatic N) is 3. The van der Waals surface area contributed by atoms with Gasteiger partial charge in [-0.15, -0.1) is 0 Å². The first-order valence-electron chi connectivity index (χ1n) is 7.85. The van der Waals surface area contributed by atoms with E-state index in [9.17, 15) is 8.78 Å². The van der Waals surface area contributed by atoms with Crippen LogP contribution >= 0.6 is 0 Å². The third-order valence-electron chi connectivity index (χ3n) is 3.95. The minimum atomic E-state index is -2.66. The lowest BCUT2D eigenvalue weighted by atomic mass is 10.1. The third-order valence-corrected chi connectivity index (χ3v) is 3.95. The quantitative estimate of drug-likeness (QED) is 0.532. The van der Waals surface area contributed by atoms with Gasteiger partial charge < -0.3 is 10.5 Å². The first kappa shape index (κ1) is 16.0. The summed E-state index contributed by atoms with van der Waals surface area (Å²) in [6.07, 6.45) is 4.35. The van der Waals surface area contributed by atoms with E-state index in [0.717, 1.165) is 10.9 Å². The molecule has 5 nitrogen and oxygen atoms in total. The highest BCUT2D eigenvalue weighted by Crippen LogP contribution is 2.32. The number of alkyl halides is 2. The molecule has 4 rings (SSSR count). The Bertz CT molecular complexity index is 1060. The van der Waals surface area contributed by atoms with Gasteiger partial charge in [-0.2, -0.15) is 13.9 Å². The molecule has 2 aromatic carbocycles. The zero-order chi connectivity index (χ0) is 18.1. The minimum absolute atomic E-state index is 0.596. The molecule has 0 saturated carbocycles. The molecule has 26 heavy (non-hydrogen) atoms. The Hall–Kier alpha value is -3.48. The lowest BCUT2D eigenvalue weighted by Gasteiger charge is -2.09. The molecule has 4 aromatic rings. The number of anilines is 1. The predicted octanol–water partition coefficient (Wildman–Crippen LogP) is 4.87. The van der Waals surface area contributed by atoms with E-state index < -0.39 is 6.55 Å². The molecule has 0 aliphatic heterocycles. The Morgan fingerprint density at radius 2 is 1.81 bits per heavy atom. The van der Waals surface area contributed by atoms with Gasteiger partial charge in [0.15, 0.2) is 0 Å². The second-order valence-corrected chi connectivity index (χ2v) is 5.70. The summed E-state index contributed by atoms with van der Waals surface area (Å²) >= 11 is 0. The van der Waals surface area contributed by atoms with Crippen LogP contribution in [-0.2, 0) is 0 Å². The number of benzene rings is 2. The van der Waals surface area contributed by atoms with Crippen molar-refractivity contribution in [1.29, 1.82) is 0 Å². The molecule has 0 unspecified atom stereocenters. The molecule has 0 amide bonds. The zero-order valence-electron chi connectivity index (χ0n) is 13.5. The maximum Gasteiger partial charge on any atom is 0.333 e. The Labute approximate surface area is 147 Å². The molecule has 130 valence electrons. The summed E-state index contributed by atoms with van der Waals surface area (Å²) in [5.74, 6) is 1.31. The standard InChI is InChI=1S/C19H14F2N4O/c20-19(21)25-11-13(10-24-25)12-1-6-16-17(9-12)23-8-7-18(16)26-15-4-2-14(22)3-5-15/h1-11,19H,22H2. The van der Waals surface area contributed by atoms with Crippen molar-refractivity contribution < 1.29 is 13.5 Å². The number of aromatic nitrogens is 3. The van der Waals surface area contributed by atoms with Crippen LogP contribution in [0.15, 0.2) is 67.1 Å². The van der Waals surface area contributed by atoms with Crippen molar-refractivity contribution in [1.82, 2.24) is 14.8 Å². The first-order chi connectivity index (χ1) is 12.6. The summed E-state index contributed by atoms with van der Waals surface area (Å²) in [5.41, 5.74) is 8.38. The van der Waals surface area contributed by atoms with Gasteiger partial charge in [0, 0.05) is 29.0 Å². The lowest BCUT2D eigenvalue weighted by Crippen LogP contribution is -1.96. The monoisotopic (exact) mass is 352 g/mol. The van der Waals surface area contributed by atoms with E-state index in [1.54, 1.807) is 36.5 Å². The SMILES string of the molecule is Nc1ccc(Oc2ccnc3cc(-c4cnn(C(F)F)c4)ccc23)cc1. The number of pyridine rings is 1. The van der Waals surface area contributed by atoms with Gasteiger partial charge in [0.05, 0.1) is 11.7 Å². The van der Waals surface area contributed by atoms with Crippen LogP contribution < -0.4 is 10.5 Å². The normalized spacial score (nSPS) is 11.2. The van der Waals surface area contributed by atoms with E-state index in [2.05, 4.69) is 10.1 Å². The van der Waals surface area contributed by atoms with Crippen LogP contribution in [0.3, 0.4) is 0 Å². The van der Waals surface area contributed by atoms with E-state index in [0.29, 0.717) is 32.9 Å². The van der Waals surface area contributed by atoms with Crippen LogP contribution in [0.25, 0.3) is 22.0 Å². The molecule has 0 atom stereocenters. The van der Waals surface area contributed by atoms with Gasteiger partial charge >= 0.3 is 6.55 Å². The molecule has 0 aliphatic carbocycles. The summed E-state index contributed by atoms with van der Waals surface area (Å²) in [6.45, 7) is -2.66. The number of ether oxygens (including phenoxy) is 1. The van der Waals surface area contributed by atoms with Gasteiger partial charge in [0.25, 0.3) is 0 Å². The minimum Gasteiger partial charge on any atom is -0.457 e. The highest BCUT2D eigenvalue weighted by molar-refractivity contribution is 5.89. The summed E-state index contributed by atoms with van der Waals surface area (Å²) in [7, 11) is 0. The van der Waals surface area contributed by atoms with Gasteiger partial charge in [0.1, 0.15) is 11.5 Å². The molecule has 0 radical (unpaired) electrons. The van der Waals surface area contributed by atoms with Crippen molar-refractivity contribution in [2.75, 3.05) is 5.73 Å². The summed E-state index contributed by atoms with van der Waals surface area (Å²) in [6, 6.07) is 14.4. The van der Waals surface area contributed by atoms with Crippen LogP contribution in [0, 0.1) is 0 Å². The number of fused-ring (bicyclic) bond motifs is 1. The Morgan fingerprint density at radius 1 is 1.00 bits per heavy atom. The molecule has 2 N–H and O–H groups in total. The fourth-order valence-electron chi connectivity index (χ4n) is 2.65. The molecular formula is C19H14F2N4O. The van der Waals surface area contributed by atoms with Crippen LogP contribution in [0.5, 0.6) is 11.5 Å². The predicted molar refractivity (Wildman–Crippen MR) is 95.1 cm³/mol. The first-order valence-corrected chi connectivity index (χ1v) is 7.85. The van der Waals surface area contributed by atoms with Gasteiger partial charge in [-0.25, -0.2) is 4.68 Å². The average molecular weight is 352 g/mol.